The Labute approximate surface area is 124 Å². The van der Waals surface area contributed by atoms with Gasteiger partial charge >= 0.3 is 11.9 Å². The summed E-state index contributed by atoms with van der Waals surface area (Å²) in [6.07, 6.45) is 1.04. The second-order valence-corrected chi connectivity index (χ2v) is 7.48. The van der Waals surface area contributed by atoms with Gasteiger partial charge in [-0.1, -0.05) is 6.07 Å². The van der Waals surface area contributed by atoms with E-state index >= 15 is 0 Å². The number of carbonyl (C=O) groups is 2. The first-order valence-electron chi connectivity index (χ1n) is 6.18. The van der Waals surface area contributed by atoms with E-state index in [2.05, 4.69) is 0 Å². The molecule has 0 fully saturated rings. The van der Waals surface area contributed by atoms with E-state index in [1.54, 1.807) is 20.8 Å². The highest BCUT2D eigenvalue weighted by Crippen LogP contribution is 2.12. The van der Waals surface area contributed by atoms with Gasteiger partial charge in [-0.15, -0.1) is 0 Å². The molecule has 0 heterocycles. The standard InChI is InChI=1S/C14H18O6S/c1-14(2,3)20-12(15)9-19-13(16)10-6-5-7-11(8-10)21(4,17)18/h5-8H,9H2,1-4H3. The van der Waals surface area contributed by atoms with Crippen molar-refractivity contribution in [2.45, 2.75) is 31.3 Å². The summed E-state index contributed by atoms with van der Waals surface area (Å²) >= 11 is 0. The number of hydrogen-bond donors (Lipinski definition) is 0. The SMILES string of the molecule is CC(C)(C)OC(=O)COC(=O)c1cccc(S(C)(=O)=O)c1. The van der Waals surface area contributed by atoms with Crippen molar-refractivity contribution >= 4 is 21.8 Å². The molecular formula is C14H18O6S. The number of ether oxygens (including phenoxy) is 2. The molecule has 0 bridgehead atoms. The Bertz CT molecular complexity index is 640. The average molecular weight is 314 g/mol. The molecule has 6 nitrogen and oxygen atoms in total. The maximum absolute atomic E-state index is 11.8. The van der Waals surface area contributed by atoms with E-state index in [0.29, 0.717) is 0 Å². The molecule has 0 saturated heterocycles. The molecular weight excluding hydrogens is 296 g/mol. The van der Waals surface area contributed by atoms with Crippen molar-refractivity contribution in [2.75, 3.05) is 12.9 Å². The zero-order valence-corrected chi connectivity index (χ0v) is 13.2. The van der Waals surface area contributed by atoms with Gasteiger partial charge in [-0.3, -0.25) is 0 Å². The molecule has 0 aliphatic heterocycles. The van der Waals surface area contributed by atoms with E-state index < -0.39 is 34.0 Å². The highest BCUT2D eigenvalue weighted by molar-refractivity contribution is 7.90. The lowest BCUT2D eigenvalue weighted by Gasteiger charge is -2.19. The van der Waals surface area contributed by atoms with Crippen LogP contribution in [0.1, 0.15) is 31.1 Å². The Balaban J connectivity index is 2.71. The molecule has 0 spiro atoms. The first-order valence-corrected chi connectivity index (χ1v) is 8.07. The smallest absolute Gasteiger partial charge is 0.344 e. The van der Waals surface area contributed by atoms with Gasteiger partial charge < -0.3 is 9.47 Å². The van der Waals surface area contributed by atoms with Gasteiger partial charge in [0.25, 0.3) is 0 Å². The van der Waals surface area contributed by atoms with Crippen molar-refractivity contribution in [1.82, 2.24) is 0 Å². The summed E-state index contributed by atoms with van der Waals surface area (Å²) in [5.74, 6) is -1.46. The normalized spacial score (nSPS) is 11.8. The second kappa shape index (κ2) is 6.26. The number of sulfone groups is 1. The van der Waals surface area contributed by atoms with Crippen LogP contribution in [0.4, 0.5) is 0 Å². The molecule has 0 aliphatic carbocycles. The van der Waals surface area contributed by atoms with Crippen LogP contribution in [-0.4, -0.2) is 38.8 Å². The van der Waals surface area contributed by atoms with Crippen molar-refractivity contribution in [1.29, 1.82) is 0 Å². The summed E-state index contributed by atoms with van der Waals surface area (Å²) in [6.45, 7) is 4.56. The first kappa shape index (κ1) is 17.2. The van der Waals surface area contributed by atoms with Gasteiger partial charge in [0.05, 0.1) is 10.5 Å². The lowest BCUT2D eigenvalue weighted by Crippen LogP contribution is -2.27. The minimum atomic E-state index is -3.41. The van der Waals surface area contributed by atoms with Crippen LogP contribution in [0.3, 0.4) is 0 Å². The number of benzene rings is 1. The lowest BCUT2D eigenvalue weighted by molar-refractivity contribution is -0.158. The van der Waals surface area contributed by atoms with Crippen LogP contribution in [0.5, 0.6) is 0 Å². The molecule has 1 rings (SSSR count). The molecule has 0 atom stereocenters. The van der Waals surface area contributed by atoms with Crippen LogP contribution in [0.15, 0.2) is 29.2 Å². The highest BCUT2D eigenvalue weighted by Gasteiger charge is 2.18. The van der Waals surface area contributed by atoms with Crippen LogP contribution < -0.4 is 0 Å². The van der Waals surface area contributed by atoms with E-state index in [1.807, 2.05) is 0 Å². The van der Waals surface area contributed by atoms with Crippen LogP contribution in [0.2, 0.25) is 0 Å². The zero-order chi connectivity index (χ0) is 16.3. The summed E-state index contributed by atoms with van der Waals surface area (Å²) in [4.78, 5) is 23.2. The van der Waals surface area contributed by atoms with E-state index in [0.717, 1.165) is 6.26 Å². The number of carbonyl (C=O) groups excluding carboxylic acids is 2. The Morgan fingerprint density at radius 2 is 1.81 bits per heavy atom. The molecule has 1 aromatic carbocycles. The fourth-order valence-corrected chi connectivity index (χ4v) is 2.10. The second-order valence-electron chi connectivity index (χ2n) is 5.46. The molecule has 0 aromatic heterocycles. The van der Waals surface area contributed by atoms with Gasteiger partial charge in [0, 0.05) is 6.26 Å². The van der Waals surface area contributed by atoms with Crippen LogP contribution in [-0.2, 0) is 24.1 Å². The maximum Gasteiger partial charge on any atom is 0.344 e. The Morgan fingerprint density at radius 1 is 1.19 bits per heavy atom. The molecule has 21 heavy (non-hydrogen) atoms. The molecule has 0 amide bonds. The van der Waals surface area contributed by atoms with Crippen molar-refractivity contribution < 1.29 is 27.5 Å². The van der Waals surface area contributed by atoms with Gasteiger partial charge in [0.2, 0.25) is 0 Å². The third-order valence-electron chi connectivity index (χ3n) is 2.24. The molecule has 7 heteroatoms. The maximum atomic E-state index is 11.8. The summed E-state index contributed by atoms with van der Waals surface area (Å²) in [7, 11) is -3.41. The van der Waals surface area contributed by atoms with Gasteiger partial charge in [0.15, 0.2) is 16.4 Å². The van der Waals surface area contributed by atoms with Gasteiger partial charge in [0.1, 0.15) is 5.60 Å². The van der Waals surface area contributed by atoms with Gasteiger partial charge in [-0.2, -0.15) is 0 Å². The third-order valence-corrected chi connectivity index (χ3v) is 3.35. The molecule has 1 aromatic rings. The summed E-state index contributed by atoms with van der Waals surface area (Å²) in [6, 6.07) is 5.42. The monoisotopic (exact) mass is 314 g/mol. The van der Waals surface area contributed by atoms with Crippen LogP contribution in [0, 0.1) is 0 Å². The molecule has 0 unspecified atom stereocenters. The summed E-state index contributed by atoms with van der Waals surface area (Å²) < 4.78 is 32.6. The number of esters is 2. The van der Waals surface area contributed by atoms with Crippen molar-refractivity contribution in [3.05, 3.63) is 29.8 Å². The summed E-state index contributed by atoms with van der Waals surface area (Å²) in [5.41, 5.74) is -0.610. The average Bonchev–Trinajstić information content (AvgIpc) is 2.33. The molecule has 0 radical (unpaired) electrons. The van der Waals surface area contributed by atoms with Crippen molar-refractivity contribution in [3.8, 4) is 0 Å². The topological polar surface area (TPSA) is 86.7 Å². The molecule has 0 N–H and O–H groups in total. The van der Waals surface area contributed by atoms with E-state index in [9.17, 15) is 18.0 Å². The predicted molar refractivity (Wildman–Crippen MR) is 75.7 cm³/mol. The Hall–Kier alpha value is -1.89. The third kappa shape index (κ3) is 5.95. The first-order chi connectivity index (χ1) is 9.49. The van der Waals surface area contributed by atoms with E-state index in [4.69, 9.17) is 9.47 Å². The Kier molecular flexibility index (Phi) is 5.11. The summed E-state index contributed by atoms with van der Waals surface area (Å²) in [5, 5.41) is 0. The molecule has 0 saturated carbocycles. The minimum absolute atomic E-state index is 0.00854. The van der Waals surface area contributed by atoms with Crippen molar-refractivity contribution in [2.24, 2.45) is 0 Å². The predicted octanol–water partition coefficient (Wildman–Crippen LogP) is 1.59. The number of hydrogen-bond acceptors (Lipinski definition) is 6. The Morgan fingerprint density at radius 3 is 2.33 bits per heavy atom. The molecule has 116 valence electrons. The van der Waals surface area contributed by atoms with Crippen LogP contribution in [0.25, 0.3) is 0 Å². The minimum Gasteiger partial charge on any atom is -0.457 e. The quantitative estimate of drug-likeness (QED) is 0.784. The fraction of sp³-hybridized carbons (Fsp3) is 0.429. The van der Waals surface area contributed by atoms with Gasteiger partial charge in [-0.25, -0.2) is 18.0 Å². The van der Waals surface area contributed by atoms with E-state index in [-0.39, 0.29) is 10.5 Å². The highest BCUT2D eigenvalue weighted by atomic mass is 32.2. The molecule has 0 aliphatic rings. The van der Waals surface area contributed by atoms with Gasteiger partial charge in [-0.05, 0) is 39.0 Å². The fourth-order valence-electron chi connectivity index (χ4n) is 1.43. The zero-order valence-electron chi connectivity index (χ0n) is 12.4. The number of rotatable bonds is 4. The van der Waals surface area contributed by atoms with Crippen LogP contribution >= 0.6 is 0 Å². The lowest BCUT2D eigenvalue weighted by atomic mass is 10.2. The largest absolute Gasteiger partial charge is 0.457 e. The van der Waals surface area contributed by atoms with Crippen molar-refractivity contribution in [3.63, 3.8) is 0 Å². The van der Waals surface area contributed by atoms with E-state index in [1.165, 1.54) is 24.3 Å².